The van der Waals surface area contributed by atoms with Crippen molar-refractivity contribution in [2.45, 2.75) is 58.4 Å². The van der Waals surface area contributed by atoms with E-state index in [1.165, 1.54) is 15.0 Å². The van der Waals surface area contributed by atoms with Crippen LogP contribution in [-0.4, -0.2) is 15.5 Å². The molecule has 0 bridgehead atoms. The topological polar surface area (TPSA) is 64.0 Å². The lowest BCUT2D eigenvalue weighted by Crippen LogP contribution is -2.30. The summed E-state index contributed by atoms with van der Waals surface area (Å²) in [6, 6.07) is 17.5. The largest absolute Gasteiger partial charge is 0.325 e. The first-order chi connectivity index (χ1) is 16.3. The number of fused-ring (bicyclic) bond motifs is 3. The maximum atomic E-state index is 13.7. The van der Waals surface area contributed by atoms with Gasteiger partial charge in [0.25, 0.3) is 5.56 Å². The first kappa shape index (κ1) is 22.5. The van der Waals surface area contributed by atoms with Crippen molar-refractivity contribution in [3.05, 3.63) is 81.0 Å². The number of rotatable bonds is 4. The van der Waals surface area contributed by atoms with Crippen molar-refractivity contribution >= 4 is 33.1 Å². The van der Waals surface area contributed by atoms with Crippen LogP contribution in [0.2, 0.25) is 0 Å². The van der Waals surface area contributed by atoms with E-state index in [4.69, 9.17) is 4.98 Å². The van der Waals surface area contributed by atoms with Gasteiger partial charge in [-0.05, 0) is 54.4 Å². The summed E-state index contributed by atoms with van der Waals surface area (Å²) in [6.45, 7) is 6.39. The number of amides is 1. The van der Waals surface area contributed by atoms with E-state index < -0.39 is 0 Å². The molecule has 0 fully saturated rings. The molecule has 34 heavy (non-hydrogen) atoms. The molecular weight excluding hydrogens is 442 g/mol. The average Bonchev–Trinajstić information content (AvgIpc) is 3.20. The van der Waals surface area contributed by atoms with Crippen LogP contribution in [0.25, 0.3) is 21.6 Å². The second-order valence-electron chi connectivity index (χ2n) is 9.96. The van der Waals surface area contributed by atoms with Crippen LogP contribution in [0.15, 0.2) is 59.4 Å². The molecule has 2 heterocycles. The van der Waals surface area contributed by atoms with E-state index >= 15 is 0 Å². The third-order valence-electron chi connectivity index (χ3n) is 6.44. The summed E-state index contributed by atoms with van der Waals surface area (Å²) >= 11 is 1.63. The van der Waals surface area contributed by atoms with Crippen molar-refractivity contribution in [3.8, 4) is 11.4 Å². The van der Waals surface area contributed by atoms with Crippen LogP contribution in [0.4, 0.5) is 5.69 Å². The molecule has 1 aliphatic rings. The SMILES string of the molecule is CC(C)(C)c1ccc(NC(=O)Cn2c(-c3ccccc3)nc3sc4c(c3c2=O)CCCC4)cc1. The second kappa shape index (κ2) is 8.84. The van der Waals surface area contributed by atoms with Crippen LogP contribution in [0.5, 0.6) is 0 Å². The summed E-state index contributed by atoms with van der Waals surface area (Å²) < 4.78 is 1.54. The minimum Gasteiger partial charge on any atom is -0.325 e. The Bertz CT molecular complexity index is 1410. The lowest BCUT2D eigenvalue weighted by atomic mass is 9.87. The summed E-state index contributed by atoms with van der Waals surface area (Å²) in [5.41, 5.74) is 3.80. The number of aromatic nitrogens is 2. The van der Waals surface area contributed by atoms with Crippen LogP contribution in [0, 0.1) is 0 Å². The highest BCUT2D eigenvalue weighted by molar-refractivity contribution is 7.18. The quantitative estimate of drug-likeness (QED) is 0.401. The zero-order valence-electron chi connectivity index (χ0n) is 19.9. The van der Waals surface area contributed by atoms with E-state index in [0.29, 0.717) is 16.9 Å². The molecule has 1 amide bonds. The van der Waals surface area contributed by atoms with Crippen LogP contribution < -0.4 is 10.9 Å². The summed E-state index contributed by atoms with van der Waals surface area (Å²) in [7, 11) is 0. The molecule has 0 unspecified atom stereocenters. The lowest BCUT2D eigenvalue weighted by molar-refractivity contribution is -0.116. The van der Waals surface area contributed by atoms with Crippen molar-refractivity contribution < 1.29 is 4.79 Å². The molecule has 6 heteroatoms. The Balaban J connectivity index is 1.53. The van der Waals surface area contributed by atoms with Gasteiger partial charge in [0.1, 0.15) is 17.2 Å². The van der Waals surface area contributed by atoms with Crippen molar-refractivity contribution in [3.63, 3.8) is 0 Å². The van der Waals surface area contributed by atoms with Gasteiger partial charge in [-0.25, -0.2) is 4.98 Å². The monoisotopic (exact) mass is 471 g/mol. The normalized spacial score (nSPS) is 13.6. The van der Waals surface area contributed by atoms with Crippen LogP contribution in [0.3, 0.4) is 0 Å². The van der Waals surface area contributed by atoms with Gasteiger partial charge in [0.2, 0.25) is 5.91 Å². The van der Waals surface area contributed by atoms with Crippen molar-refractivity contribution in [1.29, 1.82) is 0 Å². The molecule has 0 atom stereocenters. The fourth-order valence-corrected chi connectivity index (χ4v) is 5.84. The molecule has 5 nitrogen and oxygen atoms in total. The highest BCUT2D eigenvalue weighted by Gasteiger charge is 2.23. The van der Waals surface area contributed by atoms with Crippen LogP contribution >= 0.6 is 11.3 Å². The molecule has 0 spiro atoms. The summed E-state index contributed by atoms with van der Waals surface area (Å²) in [4.78, 5) is 33.8. The number of anilines is 1. The second-order valence-corrected chi connectivity index (χ2v) is 11.0. The molecule has 2 aromatic heterocycles. The van der Waals surface area contributed by atoms with E-state index in [1.54, 1.807) is 11.3 Å². The minimum absolute atomic E-state index is 0.0428. The number of aryl methyl sites for hydroxylation is 2. The van der Waals surface area contributed by atoms with Gasteiger partial charge in [0.05, 0.1) is 5.39 Å². The Morgan fingerprint density at radius 2 is 1.74 bits per heavy atom. The molecular formula is C28H29N3O2S. The van der Waals surface area contributed by atoms with Gasteiger partial charge in [0.15, 0.2) is 0 Å². The zero-order chi connectivity index (χ0) is 23.9. The Labute approximate surface area is 203 Å². The molecule has 1 aliphatic carbocycles. The maximum Gasteiger partial charge on any atom is 0.263 e. The van der Waals surface area contributed by atoms with E-state index in [1.807, 2.05) is 54.6 Å². The predicted molar refractivity (Wildman–Crippen MR) is 140 cm³/mol. The van der Waals surface area contributed by atoms with Gasteiger partial charge < -0.3 is 5.32 Å². The van der Waals surface area contributed by atoms with Crippen LogP contribution in [0.1, 0.15) is 49.6 Å². The van der Waals surface area contributed by atoms with Crippen molar-refractivity contribution in [2.24, 2.45) is 0 Å². The Morgan fingerprint density at radius 3 is 2.44 bits per heavy atom. The number of thiophene rings is 1. The Kier molecular flexibility index (Phi) is 5.86. The summed E-state index contributed by atoms with van der Waals surface area (Å²) in [5.74, 6) is 0.294. The standard InChI is InChI=1S/C28H29N3O2S/c1-28(2,3)19-13-15-20(16-14-19)29-23(32)17-31-25(18-9-5-4-6-10-18)30-26-24(27(31)33)21-11-7-8-12-22(21)34-26/h4-6,9-10,13-16H,7-8,11-12,17H2,1-3H3,(H,29,32). The average molecular weight is 472 g/mol. The van der Waals surface area contributed by atoms with Gasteiger partial charge in [-0.3, -0.25) is 14.2 Å². The van der Waals surface area contributed by atoms with E-state index in [9.17, 15) is 9.59 Å². The molecule has 0 saturated carbocycles. The smallest absolute Gasteiger partial charge is 0.263 e. The Morgan fingerprint density at radius 1 is 1.03 bits per heavy atom. The zero-order valence-corrected chi connectivity index (χ0v) is 20.7. The molecule has 0 saturated heterocycles. The minimum atomic E-state index is -0.243. The van der Waals surface area contributed by atoms with E-state index in [0.717, 1.165) is 41.6 Å². The van der Waals surface area contributed by atoms with Crippen LogP contribution in [-0.2, 0) is 29.6 Å². The number of carbonyl (C=O) groups excluding carboxylic acids is 1. The fourth-order valence-electron chi connectivity index (χ4n) is 4.59. The summed E-state index contributed by atoms with van der Waals surface area (Å²) in [6.07, 6.45) is 4.14. The molecule has 0 aliphatic heterocycles. The molecule has 0 radical (unpaired) electrons. The number of carbonyl (C=O) groups is 1. The first-order valence-corrected chi connectivity index (χ1v) is 12.6. The van der Waals surface area contributed by atoms with Gasteiger partial charge in [-0.15, -0.1) is 11.3 Å². The third-order valence-corrected chi connectivity index (χ3v) is 7.63. The van der Waals surface area contributed by atoms with Gasteiger partial charge in [0, 0.05) is 16.1 Å². The number of benzene rings is 2. The molecule has 174 valence electrons. The predicted octanol–water partition coefficient (Wildman–Crippen LogP) is 5.94. The van der Waals surface area contributed by atoms with Crippen molar-refractivity contribution in [2.75, 3.05) is 5.32 Å². The van der Waals surface area contributed by atoms with Gasteiger partial charge in [-0.1, -0.05) is 63.2 Å². The number of nitrogens with zero attached hydrogens (tertiary/aromatic N) is 2. The van der Waals surface area contributed by atoms with Gasteiger partial charge in [-0.2, -0.15) is 0 Å². The first-order valence-electron chi connectivity index (χ1n) is 11.8. The molecule has 4 aromatic rings. The van der Waals surface area contributed by atoms with Gasteiger partial charge >= 0.3 is 0 Å². The number of nitrogens with one attached hydrogen (secondary N) is 1. The van der Waals surface area contributed by atoms with E-state index in [-0.39, 0.29) is 23.4 Å². The highest BCUT2D eigenvalue weighted by Crippen LogP contribution is 2.34. The molecule has 5 rings (SSSR count). The maximum absolute atomic E-state index is 13.7. The third kappa shape index (κ3) is 4.30. The fraction of sp³-hybridized carbons (Fsp3) is 0.321. The highest BCUT2D eigenvalue weighted by atomic mass is 32.1. The Hall–Kier alpha value is -3.25. The lowest BCUT2D eigenvalue weighted by Gasteiger charge is -2.19. The molecule has 2 aromatic carbocycles. The number of hydrogen-bond donors (Lipinski definition) is 1. The molecule has 1 N–H and O–H groups in total. The van der Waals surface area contributed by atoms with E-state index in [2.05, 4.69) is 26.1 Å². The van der Waals surface area contributed by atoms with Crippen molar-refractivity contribution in [1.82, 2.24) is 9.55 Å². The summed E-state index contributed by atoms with van der Waals surface area (Å²) in [5, 5.41) is 3.65. The number of hydrogen-bond acceptors (Lipinski definition) is 4.